The fraction of sp³-hybridized carbons (Fsp3) is 0.333. The molecular formula is C3H8BrN. The van der Waals surface area contributed by atoms with E-state index in [0.717, 1.165) is 5.33 Å². The number of alkyl halides is 1. The summed E-state index contributed by atoms with van der Waals surface area (Å²) < 4.78 is 0. The molecule has 0 spiro atoms. The molecule has 0 amide bonds. The molecule has 32 valence electrons. The van der Waals surface area contributed by atoms with Crippen molar-refractivity contribution >= 4 is 15.9 Å². The van der Waals surface area contributed by atoms with Crippen molar-refractivity contribution in [3.8, 4) is 0 Å². The van der Waals surface area contributed by atoms with Crippen molar-refractivity contribution in [3.05, 3.63) is 12.7 Å². The van der Waals surface area contributed by atoms with Gasteiger partial charge in [-0.2, -0.15) is 0 Å². The Bertz CT molecular complexity index is 20.9. The third-order valence-electron chi connectivity index (χ3n) is 0.109. The topological polar surface area (TPSA) is 35.0 Å². The van der Waals surface area contributed by atoms with Gasteiger partial charge in [-0.15, -0.1) is 6.58 Å². The normalized spacial score (nSPS) is 5.00. The van der Waals surface area contributed by atoms with Crippen LogP contribution in [0.4, 0.5) is 0 Å². The van der Waals surface area contributed by atoms with Gasteiger partial charge in [0.1, 0.15) is 0 Å². The lowest BCUT2D eigenvalue weighted by molar-refractivity contribution is 1.87. The smallest absolute Gasteiger partial charge is 0.0209 e. The van der Waals surface area contributed by atoms with Crippen LogP contribution in [0.15, 0.2) is 12.7 Å². The van der Waals surface area contributed by atoms with E-state index in [4.69, 9.17) is 0 Å². The average Bonchev–Trinajstić information content (AvgIpc) is 1.37. The van der Waals surface area contributed by atoms with Gasteiger partial charge in [-0.05, 0) is 0 Å². The zero-order valence-corrected chi connectivity index (χ0v) is 4.66. The van der Waals surface area contributed by atoms with Crippen LogP contribution < -0.4 is 6.15 Å². The minimum atomic E-state index is 0. The number of hydrogen-bond acceptors (Lipinski definition) is 1. The summed E-state index contributed by atoms with van der Waals surface area (Å²) in [6.45, 7) is 3.43. The largest absolute Gasteiger partial charge is 0.344 e. The van der Waals surface area contributed by atoms with E-state index in [1.54, 1.807) is 6.08 Å². The molecule has 0 aliphatic rings. The third-order valence-corrected chi connectivity index (χ3v) is 0.567. The molecule has 0 saturated carbocycles. The standard InChI is InChI=1S/C3H5Br.H3N/c1-2-3-4;/h2H,1,3H2;1H3. The molecule has 0 saturated heterocycles. The molecule has 0 unspecified atom stereocenters. The van der Waals surface area contributed by atoms with Crippen LogP contribution in [0.3, 0.4) is 0 Å². The van der Waals surface area contributed by atoms with Gasteiger partial charge in [0.05, 0.1) is 0 Å². The highest BCUT2D eigenvalue weighted by molar-refractivity contribution is 9.09. The summed E-state index contributed by atoms with van der Waals surface area (Å²) in [7, 11) is 0. The van der Waals surface area contributed by atoms with Crippen molar-refractivity contribution in [1.82, 2.24) is 6.15 Å². The fourth-order valence-electron chi connectivity index (χ4n) is 0. The highest BCUT2D eigenvalue weighted by Gasteiger charge is 1.47. The summed E-state index contributed by atoms with van der Waals surface area (Å²) >= 11 is 3.13. The Hall–Kier alpha value is 0.180. The van der Waals surface area contributed by atoms with Crippen LogP contribution in [0, 0.1) is 0 Å². The second kappa shape index (κ2) is 8.89. The Morgan fingerprint density at radius 2 is 2.00 bits per heavy atom. The van der Waals surface area contributed by atoms with Gasteiger partial charge in [-0.1, -0.05) is 22.0 Å². The summed E-state index contributed by atoms with van der Waals surface area (Å²) in [5.74, 6) is 0. The zero-order chi connectivity index (χ0) is 3.41. The second-order valence-corrected chi connectivity index (χ2v) is 1.09. The predicted molar refractivity (Wildman–Crippen MR) is 29.0 cm³/mol. The highest BCUT2D eigenvalue weighted by Crippen LogP contribution is 1.73. The Kier molecular flexibility index (Phi) is 15.9. The molecule has 0 radical (unpaired) electrons. The van der Waals surface area contributed by atoms with Gasteiger partial charge in [0, 0.05) is 5.33 Å². The van der Waals surface area contributed by atoms with Crippen LogP contribution in [-0.4, -0.2) is 5.33 Å². The van der Waals surface area contributed by atoms with Crippen molar-refractivity contribution in [2.24, 2.45) is 0 Å². The van der Waals surface area contributed by atoms with E-state index in [0.29, 0.717) is 0 Å². The first-order valence-corrected chi connectivity index (χ1v) is 2.21. The van der Waals surface area contributed by atoms with Crippen molar-refractivity contribution in [2.75, 3.05) is 5.33 Å². The number of halogens is 1. The van der Waals surface area contributed by atoms with Crippen molar-refractivity contribution in [3.63, 3.8) is 0 Å². The maximum Gasteiger partial charge on any atom is 0.0209 e. The molecule has 0 aromatic heterocycles. The van der Waals surface area contributed by atoms with Crippen LogP contribution >= 0.6 is 15.9 Å². The maximum absolute atomic E-state index is 3.43. The van der Waals surface area contributed by atoms with Crippen LogP contribution in [0.2, 0.25) is 0 Å². The average molecular weight is 138 g/mol. The van der Waals surface area contributed by atoms with Crippen LogP contribution in [0.5, 0.6) is 0 Å². The predicted octanol–water partition coefficient (Wildman–Crippen LogP) is 1.73. The first-order chi connectivity index (χ1) is 1.91. The molecule has 0 atom stereocenters. The molecule has 0 heterocycles. The Morgan fingerprint density at radius 1 is 1.80 bits per heavy atom. The fourth-order valence-corrected chi connectivity index (χ4v) is 0. The third kappa shape index (κ3) is 14.3. The summed E-state index contributed by atoms with van der Waals surface area (Å²) in [4.78, 5) is 0. The SMILES string of the molecule is C=CCBr.N. The summed E-state index contributed by atoms with van der Waals surface area (Å²) in [6, 6.07) is 0. The molecule has 5 heavy (non-hydrogen) atoms. The van der Waals surface area contributed by atoms with Gasteiger partial charge < -0.3 is 6.15 Å². The zero-order valence-electron chi connectivity index (χ0n) is 3.08. The minimum Gasteiger partial charge on any atom is -0.344 e. The van der Waals surface area contributed by atoms with E-state index in [-0.39, 0.29) is 6.15 Å². The van der Waals surface area contributed by atoms with Gasteiger partial charge >= 0.3 is 0 Å². The molecular weight excluding hydrogens is 130 g/mol. The van der Waals surface area contributed by atoms with Crippen molar-refractivity contribution in [1.29, 1.82) is 0 Å². The van der Waals surface area contributed by atoms with Crippen LogP contribution in [0.1, 0.15) is 0 Å². The molecule has 0 fully saturated rings. The van der Waals surface area contributed by atoms with E-state index >= 15 is 0 Å². The lowest BCUT2D eigenvalue weighted by Crippen LogP contribution is -1.43. The lowest BCUT2D eigenvalue weighted by atomic mass is 10.8. The number of allylic oxidation sites excluding steroid dienone is 1. The molecule has 0 aromatic rings. The highest BCUT2D eigenvalue weighted by atomic mass is 79.9. The Morgan fingerprint density at radius 3 is 2.00 bits per heavy atom. The molecule has 1 nitrogen and oxygen atoms in total. The van der Waals surface area contributed by atoms with Gasteiger partial charge in [0.15, 0.2) is 0 Å². The molecule has 0 rings (SSSR count). The lowest BCUT2D eigenvalue weighted by Gasteiger charge is -1.55. The van der Waals surface area contributed by atoms with Gasteiger partial charge in [0.2, 0.25) is 0 Å². The minimum absolute atomic E-state index is 0. The van der Waals surface area contributed by atoms with E-state index in [1.807, 2.05) is 0 Å². The molecule has 2 heteroatoms. The summed E-state index contributed by atoms with van der Waals surface area (Å²) in [6.07, 6.45) is 1.79. The van der Waals surface area contributed by atoms with E-state index in [1.165, 1.54) is 0 Å². The summed E-state index contributed by atoms with van der Waals surface area (Å²) in [5.41, 5.74) is 0. The maximum atomic E-state index is 3.43. The Balaban J connectivity index is 0. The molecule has 0 aliphatic carbocycles. The van der Waals surface area contributed by atoms with Gasteiger partial charge in [-0.25, -0.2) is 0 Å². The number of hydrogen-bond donors (Lipinski definition) is 1. The van der Waals surface area contributed by atoms with Gasteiger partial charge in [-0.3, -0.25) is 0 Å². The quantitative estimate of drug-likeness (QED) is 0.434. The molecule has 0 bridgehead atoms. The summed E-state index contributed by atoms with van der Waals surface area (Å²) in [5, 5.41) is 0.896. The van der Waals surface area contributed by atoms with E-state index < -0.39 is 0 Å². The molecule has 0 aromatic carbocycles. The Labute approximate surface area is 40.8 Å². The number of rotatable bonds is 1. The van der Waals surface area contributed by atoms with Crippen LogP contribution in [-0.2, 0) is 0 Å². The molecule has 0 aliphatic heterocycles. The van der Waals surface area contributed by atoms with Crippen molar-refractivity contribution in [2.45, 2.75) is 0 Å². The second-order valence-electron chi connectivity index (χ2n) is 0.443. The molecule has 3 N–H and O–H groups in total. The van der Waals surface area contributed by atoms with Crippen molar-refractivity contribution < 1.29 is 0 Å². The van der Waals surface area contributed by atoms with Gasteiger partial charge in [0.25, 0.3) is 0 Å². The monoisotopic (exact) mass is 137 g/mol. The first-order valence-electron chi connectivity index (χ1n) is 1.08. The van der Waals surface area contributed by atoms with Crippen LogP contribution in [0.25, 0.3) is 0 Å². The van der Waals surface area contributed by atoms with E-state index in [9.17, 15) is 0 Å². The van der Waals surface area contributed by atoms with E-state index in [2.05, 4.69) is 22.5 Å². The first kappa shape index (κ1) is 8.95.